The van der Waals surface area contributed by atoms with E-state index >= 15 is 0 Å². The van der Waals surface area contributed by atoms with Gasteiger partial charge in [-0.25, -0.2) is 0 Å². The molecule has 126 valence electrons. The Hall–Kier alpha value is -3.21. The van der Waals surface area contributed by atoms with Crippen molar-refractivity contribution in [1.29, 1.82) is 0 Å². The van der Waals surface area contributed by atoms with Gasteiger partial charge >= 0.3 is 0 Å². The molecule has 0 amide bonds. The van der Waals surface area contributed by atoms with Crippen LogP contribution in [-0.2, 0) is 13.2 Å². The zero-order valence-electron chi connectivity index (χ0n) is 13.8. The number of benzene rings is 2. The van der Waals surface area contributed by atoms with Crippen LogP contribution >= 0.6 is 0 Å². The van der Waals surface area contributed by atoms with Crippen molar-refractivity contribution in [3.8, 4) is 5.75 Å². The monoisotopic (exact) mass is 333 g/mol. The molecule has 0 aliphatic carbocycles. The molecule has 0 radical (unpaired) electrons. The lowest BCUT2D eigenvalue weighted by Crippen LogP contribution is -2.24. The van der Waals surface area contributed by atoms with Gasteiger partial charge in [0.05, 0.1) is 13.2 Å². The Bertz CT molecular complexity index is 814. The molecular formula is C20H19N3O2. The van der Waals surface area contributed by atoms with Gasteiger partial charge in [-0.1, -0.05) is 35.5 Å². The average Bonchev–Trinajstić information content (AvgIpc) is 3.34. The second-order valence-electron chi connectivity index (χ2n) is 5.92. The molecule has 3 aromatic rings. The molecule has 0 bridgehead atoms. The van der Waals surface area contributed by atoms with Crippen molar-refractivity contribution in [3.63, 3.8) is 0 Å². The summed E-state index contributed by atoms with van der Waals surface area (Å²) in [5, 5.41) is 3.95. The molecule has 0 N–H and O–H groups in total. The van der Waals surface area contributed by atoms with Gasteiger partial charge in [0.1, 0.15) is 24.3 Å². The van der Waals surface area contributed by atoms with E-state index in [-0.39, 0.29) is 0 Å². The molecule has 1 aliphatic heterocycles. The number of ether oxygens (including phenoxy) is 1. The van der Waals surface area contributed by atoms with Crippen LogP contribution < -0.4 is 9.64 Å². The van der Waals surface area contributed by atoms with Crippen LogP contribution in [-0.4, -0.2) is 16.7 Å². The topological polar surface area (TPSA) is 41.7 Å². The third-order valence-electron chi connectivity index (χ3n) is 4.06. The third kappa shape index (κ3) is 3.83. The predicted molar refractivity (Wildman–Crippen MR) is 95.7 cm³/mol. The number of aromatic nitrogens is 1. The number of hydrogen-bond donors (Lipinski definition) is 0. The quantitative estimate of drug-likeness (QED) is 0.682. The number of nitrogens with zero attached hydrogens (tertiary/aromatic N) is 3. The van der Waals surface area contributed by atoms with Gasteiger partial charge in [0.2, 0.25) is 0 Å². The lowest BCUT2D eigenvalue weighted by atomic mass is 10.2. The van der Waals surface area contributed by atoms with Gasteiger partial charge in [-0.15, -0.1) is 0 Å². The maximum Gasteiger partial charge on any atom is 0.124 e. The summed E-state index contributed by atoms with van der Waals surface area (Å²) in [6.45, 7) is 2.11. The molecule has 5 heteroatoms. The van der Waals surface area contributed by atoms with Crippen LogP contribution in [0.5, 0.6) is 5.75 Å². The largest absolute Gasteiger partial charge is 0.489 e. The van der Waals surface area contributed by atoms with Crippen molar-refractivity contribution in [2.24, 2.45) is 0 Å². The minimum atomic E-state index is 0.579. The summed E-state index contributed by atoms with van der Waals surface area (Å²) in [5.41, 5.74) is 3.22. The highest BCUT2D eigenvalue weighted by molar-refractivity contribution is 5.52. The zero-order chi connectivity index (χ0) is 16.9. The highest BCUT2D eigenvalue weighted by Gasteiger charge is 2.15. The fourth-order valence-corrected chi connectivity index (χ4v) is 2.74. The fraction of sp³-hybridized carbons (Fsp3) is 0.150. The van der Waals surface area contributed by atoms with Gasteiger partial charge in [-0.05, 0) is 29.8 Å². The van der Waals surface area contributed by atoms with Crippen LogP contribution in [0.3, 0.4) is 0 Å². The number of hydrogen-bond acceptors (Lipinski definition) is 5. The Morgan fingerprint density at radius 1 is 0.960 bits per heavy atom. The summed E-state index contributed by atoms with van der Waals surface area (Å²) in [4.78, 5) is 4.36. The number of anilines is 1. The van der Waals surface area contributed by atoms with E-state index in [1.54, 1.807) is 6.26 Å². The lowest BCUT2D eigenvalue weighted by Gasteiger charge is -2.20. The first-order chi connectivity index (χ1) is 12.4. The summed E-state index contributed by atoms with van der Waals surface area (Å²) >= 11 is 0. The van der Waals surface area contributed by atoms with Crippen molar-refractivity contribution in [2.75, 3.05) is 11.6 Å². The summed E-state index contributed by atoms with van der Waals surface area (Å²) in [7, 11) is 0. The maximum absolute atomic E-state index is 5.84. The maximum atomic E-state index is 5.84. The molecule has 0 saturated carbocycles. The highest BCUT2D eigenvalue weighted by atomic mass is 16.5. The van der Waals surface area contributed by atoms with Gasteiger partial charge in [-0.2, -0.15) is 0 Å². The molecule has 0 unspecified atom stereocenters. The van der Waals surface area contributed by atoms with E-state index in [1.165, 1.54) is 0 Å². The summed E-state index contributed by atoms with van der Waals surface area (Å²) in [6.07, 6.45) is 5.73. The number of rotatable bonds is 6. The Kier molecular flexibility index (Phi) is 4.37. The van der Waals surface area contributed by atoms with Crippen molar-refractivity contribution < 1.29 is 9.26 Å². The summed E-state index contributed by atoms with van der Waals surface area (Å²) < 4.78 is 10.7. The van der Waals surface area contributed by atoms with Crippen LogP contribution in [0.15, 0.2) is 83.8 Å². The molecule has 25 heavy (non-hydrogen) atoms. The van der Waals surface area contributed by atoms with Crippen LogP contribution in [0.2, 0.25) is 0 Å². The Morgan fingerprint density at radius 2 is 1.80 bits per heavy atom. The standard InChI is InChI=1S/C20H19N3O2/c1-2-4-17(5-3-1)15-24-20-8-6-19(7-9-20)23-12-11-22(16-23)14-18-10-13-25-21-18/h1-13H,14-16H2. The Labute approximate surface area is 146 Å². The van der Waals surface area contributed by atoms with Gasteiger partial charge in [0.15, 0.2) is 0 Å². The van der Waals surface area contributed by atoms with E-state index in [4.69, 9.17) is 9.26 Å². The van der Waals surface area contributed by atoms with E-state index in [9.17, 15) is 0 Å². The van der Waals surface area contributed by atoms with Gasteiger partial charge in [0.25, 0.3) is 0 Å². The zero-order valence-corrected chi connectivity index (χ0v) is 13.8. The molecule has 1 aromatic heterocycles. The molecule has 2 aromatic carbocycles. The van der Waals surface area contributed by atoms with Crippen LogP contribution in [0.4, 0.5) is 5.69 Å². The molecular weight excluding hydrogens is 314 g/mol. The second-order valence-corrected chi connectivity index (χ2v) is 5.92. The average molecular weight is 333 g/mol. The minimum Gasteiger partial charge on any atom is -0.489 e. The van der Waals surface area contributed by atoms with Gasteiger partial charge < -0.3 is 19.1 Å². The normalized spacial score (nSPS) is 13.4. The molecule has 0 atom stereocenters. The van der Waals surface area contributed by atoms with Gasteiger partial charge in [-0.3, -0.25) is 0 Å². The van der Waals surface area contributed by atoms with Crippen molar-refractivity contribution in [2.45, 2.75) is 13.2 Å². The second kappa shape index (κ2) is 7.13. The molecule has 2 heterocycles. The SMILES string of the molecule is C1=CN(c2ccc(OCc3ccccc3)cc2)CN1Cc1ccon1. The van der Waals surface area contributed by atoms with E-state index in [0.717, 1.165) is 35.9 Å². The van der Waals surface area contributed by atoms with E-state index in [1.807, 2.05) is 36.4 Å². The van der Waals surface area contributed by atoms with Crippen molar-refractivity contribution >= 4 is 5.69 Å². The Morgan fingerprint density at radius 3 is 2.56 bits per heavy atom. The van der Waals surface area contributed by atoms with Crippen molar-refractivity contribution in [3.05, 3.63) is 90.6 Å². The van der Waals surface area contributed by atoms with Gasteiger partial charge in [0, 0.05) is 24.2 Å². The third-order valence-corrected chi connectivity index (χ3v) is 4.06. The minimum absolute atomic E-state index is 0.579. The summed E-state index contributed by atoms with van der Waals surface area (Å²) in [6, 6.07) is 20.2. The molecule has 1 aliphatic rings. The first-order valence-corrected chi connectivity index (χ1v) is 8.22. The Balaban J connectivity index is 1.32. The molecule has 0 fully saturated rings. The molecule has 0 saturated heterocycles. The van der Waals surface area contributed by atoms with Crippen LogP contribution in [0.25, 0.3) is 0 Å². The van der Waals surface area contributed by atoms with E-state index < -0.39 is 0 Å². The first kappa shape index (κ1) is 15.3. The molecule has 5 nitrogen and oxygen atoms in total. The smallest absolute Gasteiger partial charge is 0.124 e. The van der Waals surface area contributed by atoms with Crippen molar-refractivity contribution in [1.82, 2.24) is 10.1 Å². The van der Waals surface area contributed by atoms with E-state index in [2.05, 4.69) is 51.6 Å². The van der Waals surface area contributed by atoms with Crippen LogP contribution in [0, 0.1) is 0 Å². The molecule has 0 spiro atoms. The molecule has 4 rings (SSSR count). The van der Waals surface area contributed by atoms with E-state index in [0.29, 0.717) is 6.61 Å². The fourth-order valence-electron chi connectivity index (χ4n) is 2.74. The predicted octanol–water partition coefficient (Wildman–Crippen LogP) is 4.00. The first-order valence-electron chi connectivity index (χ1n) is 8.22. The summed E-state index contributed by atoms with van der Waals surface area (Å²) in [5.74, 6) is 0.871. The van der Waals surface area contributed by atoms with Crippen LogP contribution in [0.1, 0.15) is 11.3 Å². The highest BCUT2D eigenvalue weighted by Crippen LogP contribution is 2.23. The lowest BCUT2D eigenvalue weighted by molar-refractivity contribution is 0.306.